The van der Waals surface area contributed by atoms with E-state index in [9.17, 15) is 4.79 Å². The number of pyridine rings is 1. The van der Waals surface area contributed by atoms with Gasteiger partial charge in [-0.25, -0.2) is 0 Å². The summed E-state index contributed by atoms with van der Waals surface area (Å²) >= 11 is 0. The number of nitrogens with zero attached hydrogens (tertiary/aromatic N) is 4. The number of carbonyl (C=O) groups is 1. The summed E-state index contributed by atoms with van der Waals surface area (Å²) in [5, 5.41) is 3.98. The number of rotatable bonds is 5. The van der Waals surface area contributed by atoms with E-state index in [1.807, 2.05) is 35.2 Å². The molecule has 2 unspecified atom stereocenters. The Kier molecular flexibility index (Phi) is 4.48. The number of aryl methyl sites for hydroxylation is 1. The molecule has 1 saturated heterocycles. The van der Waals surface area contributed by atoms with Crippen LogP contribution in [0.3, 0.4) is 0 Å². The third-order valence-electron chi connectivity index (χ3n) is 4.78. The van der Waals surface area contributed by atoms with E-state index in [2.05, 4.69) is 34.2 Å². The van der Waals surface area contributed by atoms with E-state index in [-0.39, 0.29) is 11.9 Å². The third-order valence-corrected chi connectivity index (χ3v) is 4.78. The first kappa shape index (κ1) is 16.4. The van der Waals surface area contributed by atoms with Gasteiger partial charge in [0.1, 0.15) is 0 Å². The fraction of sp³-hybridized carbons (Fsp3) is 0.300. The molecule has 2 atom stereocenters. The SMILES string of the molecule is CC1CN(C(=O)CCc2nc(-c3ccncc3)no2)C1c1ccccc1. The summed E-state index contributed by atoms with van der Waals surface area (Å²) in [5.41, 5.74) is 2.04. The first-order valence-electron chi connectivity index (χ1n) is 8.80. The molecule has 0 saturated carbocycles. The summed E-state index contributed by atoms with van der Waals surface area (Å²) in [6.45, 7) is 2.98. The minimum Gasteiger partial charge on any atom is -0.339 e. The second-order valence-electron chi connectivity index (χ2n) is 6.63. The molecular weight excluding hydrogens is 328 g/mol. The van der Waals surface area contributed by atoms with Crippen molar-refractivity contribution in [2.45, 2.75) is 25.8 Å². The molecule has 1 aliphatic rings. The highest BCUT2D eigenvalue weighted by Gasteiger charge is 2.39. The molecule has 0 bridgehead atoms. The zero-order valence-corrected chi connectivity index (χ0v) is 14.6. The van der Waals surface area contributed by atoms with Crippen molar-refractivity contribution in [3.8, 4) is 11.4 Å². The molecule has 0 aliphatic carbocycles. The number of hydrogen-bond acceptors (Lipinski definition) is 5. The smallest absolute Gasteiger partial charge is 0.227 e. The lowest BCUT2D eigenvalue weighted by Crippen LogP contribution is -2.51. The van der Waals surface area contributed by atoms with Crippen molar-refractivity contribution in [3.05, 3.63) is 66.3 Å². The van der Waals surface area contributed by atoms with E-state index >= 15 is 0 Å². The second-order valence-corrected chi connectivity index (χ2v) is 6.63. The van der Waals surface area contributed by atoms with Gasteiger partial charge in [-0.15, -0.1) is 0 Å². The van der Waals surface area contributed by atoms with Crippen LogP contribution in [0.2, 0.25) is 0 Å². The van der Waals surface area contributed by atoms with Gasteiger partial charge in [0.15, 0.2) is 0 Å². The number of amides is 1. The average molecular weight is 348 g/mol. The maximum absolute atomic E-state index is 12.6. The summed E-state index contributed by atoms with van der Waals surface area (Å²) in [6, 6.07) is 14.0. The number of benzene rings is 1. The summed E-state index contributed by atoms with van der Waals surface area (Å²) in [5.74, 6) is 1.60. The Morgan fingerprint density at radius 1 is 1.19 bits per heavy atom. The number of likely N-dealkylation sites (tertiary alicyclic amines) is 1. The Balaban J connectivity index is 1.38. The van der Waals surface area contributed by atoms with E-state index in [0.717, 1.165) is 12.1 Å². The summed E-state index contributed by atoms with van der Waals surface area (Å²) in [6.07, 6.45) is 4.19. The van der Waals surface area contributed by atoms with Crippen molar-refractivity contribution < 1.29 is 9.32 Å². The van der Waals surface area contributed by atoms with Crippen LogP contribution in [0.4, 0.5) is 0 Å². The van der Waals surface area contributed by atoms with Gasteiger partial charge in [-0.1, -0.05) is 42.4 Å². The van der Waals surface area contributed by atoms with Crippen LogP contribution in [0.1, 0.15) is 30.8 Å². The van der Waals surface area contributed by atoms with E-state index in [1.165, 1.54) is 5.56 Å². The minimum absolute atomic E-state index is 0.126. The number of aromatic nitrogens is 3. The van der Waals surface area contributed by atoms with Crippen LogP contribution in [-0.2, 0) is 11.2 Å². The first-order chi connectivity index (χ1) is 12.7. The Hall–Kier alpha value is -3.02. The minimum atomic E-state index is 0.126. The monoisotopic (exact) mass is 348 g/mol. The molecule has 2 aromatic heterocycles. The first-order valence-corrected chi connectivity index (χ1v) is 8.80. The van der Waals surface area contributed by atoms with Gasteiger partial charge in [0.25, 0.3) is 0 Å². The lowest BCUT2D eigenvalue weighted by Gasteiger charge is -2.47. The highest BCUT2D eigenvalue weighted by molar-refractivity contribution is 5.78. The Morgan fingerprint density at radius 2 is 1.96 bits per heavy atom. The lowest BCUT2D eigenvalue weighted by molar-refractivity contribution is -0.143. The van der Waals surface area contributed by atoms with Crippen molar-refractivity contribution in [2.75, 3.05) is 6.54 Å². The van der Waals surface area contributed by atoms with Gasteiger partial charge in [0, 0.05) is 37.3 Å². The Bertz CT molecular complexity index is 879. The van der Waals surface area contributed by atoms with Crippen molar-refractivity contribution in [1.82, 2.24) is 20.0 Å². The largest absolute Gasteiger partial charge is 0.339 e. The molecule has 0 spiro atoms. The van der Waals surface area contributed by atoms with E-state index in [4.69, 9.17) is 4.52 Å². The van der Waals surface area contributed by atoms with E-state index < -0.39 is 0 Å². The number of hydrogen-bond donors (Lipinski definition) is 0. The van der Waals surface area contributed by atoms with Gasteiger partial charge in [-0.3, -0.25) is 9.78 Å². The molecule has 0 radical (unpaired) electrons. The highest BCUT2D eigenvalue weighted by Crippen LogP contribution is 2.38. The van der Waals surface area contributed by atoms with Crippen LogP contribution in [0, 0.1) is 5.92 Å². The molecule has 4 rings (SSSR count). The molecule has 1 fully saturated rings. The second kappa shape index (κ2) is 7.07. The van der Waals surface area contributed by atoms with Crippen LogP contribution in [0.15, 0.2) is 59.4 Å². The van der Waals surface area contributed by atoms with Gasteiger partial charge in [-0.2, -0.15) is 4.98 Å². The molecule has 1 amide bonds. The average Bonchev–Trinajstić information content (AvgIpc) is 3.15. The zero-order valence-electron chi connectivity index (χ0n) is 14.6. The van der Waals surface area contributed by atoms with Gasteiger partial charge in [-0.05, 0) is 23.6 Å². The third kappa shape index (κ3) is 3.22. The molecule has 3 aromatic rings. The molecule has 6 heteroatoms. The fourth-order valence-corrected chi connectivity index (χ4v) is 3.44. The quantitative estimate of drug-likeness (QED) is 0.707. The van der Waals surface area contributed by atoms with Gasteiger partial charge in [0.05, 0.1) is 6.04 Å². The molecule has 1 aromatic carbocycles. The molecule has 0 N–H and O–H groups in total. The molecule has 26 heavy (non-hydrogen) atoms. The predicted molar refractivity (Wildman–Crippen MR) is 95.9 cm³/mol. The van der Waals surface area contributed by atoms with Crippen LogP contribution >= 0.6 is 0 Å². The van der Waals surface area contributed by atoms with Crippen molar-refractivity contribution in [2.24, 2.45) is 5.92 Å². The Labute approximate surface area is 151 Å². The Morgan fingerprint density at radius 3 is 2.69 bits per heavy atom. The normalized spacial score (nSPS) is 19.2. The molecule has 1 aliphatic heterocycles. The molecule has 132 valence electrons. The van der Waals surface area contributed by atoms with Gasteiger partial charge in [0.2, 0.25) is 17.6 Å². The molecular formula is C20H20N4O2. The van der Waals surface area contributed by atoms with E-state index in [0.29, 0.717) is 30.5 Å². The summed E-state index contributed by atoms with van der Waals surface area (Å²) in [7, 11) is 0. The van der Waals surface area contributed by atoms with Crippen molar-refractivity contribution in [3.63, 3.8) is 0 Å². The highest BCUT2D eigenvalue weighted by atomic mass is 16.5. The van der Waals surface area contributed by atoms with Crippen LogP contribution < -0.4 is 0 Å². The lowest BCUT2D eigenvalue weighted by atomic mass is 9.84. The van der Waals surface area contributed by atoms with Gasteiger partial charge < -0.3 is 9.42 Å². The van der Waals surface area contributed by atoms with Crippen molar-refractivity contribution >= 4 is 5.91 Å². The topological polar surface area (TPSA) is 72.1 Å². The maximum Gasteiger partial charge on any atom is 0.227 e. The van der Waals surface area contributed by atoms with E-state index in [1.54, 1.807) is 12.4 Å². The summed E-state index contributed by atoms with van der Waals surface area (Å²) in [4.78, 5) is 22.9. The standard InChI is InChI=1S/C20H20N4O2/c1-14-13-24(19(14)15-5-3-2-4-6-15)18(25)8-7-17-22-20(23-26-17)16-9-11-21-12-10-16/h2-6,9-12,14,19H,7-8,13H2,1H3. The maximum atomic E-state index is 12.6. The fourth-order valence-electron chi connectivity index (χ4n) is 3.44. The van der Waals surface area contributed by atoms with Crippen LogP contribution in [0.25, 0.3) is 11.4 Å². The zero-order chi connectivity index (χ0) is 17.9. The van der Waals surface area contributed by atoms with Gasteiger partial charge >= 0.3 is 0 Å². The summed E-state index contributed by atoms with van der Waals surface area (Å²) < 4.78 is 5.28. The molecule has 6 nitrogen and oxygen atoms in total. The van der Waals surface area contributed by atoms with Crippen LogP contribution in [0.5, 0.6) is 0 Å². The van der Waals surface area contributed by atoms with Crippen LogP contribution in [-0.4, -0.2) is 32.5 Å². The number of carbonyl (C=O) groups excluding carboxylic acids is 1. The predicted octanol–water partition coefficient (Wildman–Crippen LogP) is 3.28. The molecule has 3 heterocycles. The van der Waals surface area contributed by atoms with Crippen molar-refractivity contribution in [1.29, 1.82) is 0 Å².